The number of hydrogen-bond acceptors (Lipinski definition) is 2. The fourth-order valence-electron chi connectivity index (χ4n) is 1.38. The van der Waals surface area contributed by atoms with E-state index in [1.807, 2.05) is 24.3 Å². The van der Waals surface area contributed by atoms with Crippen molar-refractivity contribution in [2.45, 2.75) is 0 Å². The Hall–Kier alpha value is -0.900. The van der Waals surface area contributed by atoms with Crippen molar-refractivity contribution in [3.63, 3.8) is 0 Å². The van der Waals surface area contributed by atoms with Gasteiger partial charge in [-0.1, -0.05) is 35.3 Å². The van der Waals surface area contributed by atoms with Crippen molar-refractivity contribution in [1.82, 2.24) is 0 Å². The standard InChI is InChI=1S/C12H9BrCl2N2/c13-7-3-1-2-4-11(7)17-12-6-9(15)8(14)5-10(12)16/h1-6,17H,16H2. The van der Waals surface area contributed by atoms with Crippen molar-refractivity contribution in [2.75, 3.05) is 11.1 Å². The molecule has 2 aromatic rings. The van der Waals surface area contributed by atoms with E-state index in [9.17, 15) is 0 Å². The minimum atomic E-state index is 0.446. The molecule has 0 radical (unpaired) electrons. The van der Waals surface area contributed by atoms with E-state index in [0.29, 0.717) is 15.7 Å². The molecule has 17 heavy (non-hydrogen) atoms. The predicted molar refractivity (Wildman–Crippen MR) is 78.3 cm³/mol. The molecule has 0 amide bonds. The van der Waals surface area contributed by atoms with Gasteiger partial charge in [0.05, 0.1) is 27.1 Å². The summed E-state index contributed by atoms with van der Waals surface area (Å²) in [5.74, 6) is 0. The minimum Gasteiger partial charge on any atom is -0.397 e. The molecular formula is C12H9BrCl2N2. The van der Waals surface area contributed by atoms with Gasteiger partial charge in [-0.15, -0.1) is 0 Å². The molecule has 0 aliphatic carbocycles. The molecule has 88 valence electrons. The summed E-state index contributed by atoms with van der Waals surface area (Å²) in [5, 5.41) is 4.11. The Morgan fingerprint density at radius 2 is 1.65 bits per heavy atom. The van der Waals surface area contributed by atoms with Crippen LogP contribution in [0, 0.1) is 0 Å². The Labute approximate surface area is 118 Å². The Morgan fingerprint density at radius 1 is 1.00 bits per heavy atom. The van der Waals surface area contributed by atoms with Crippen molar-refractivity contribution in [2.24, 2.45) is 0 Å². The number of para-hydroxylation sites is 1. The van der Waals surface area contributed by atoms with Crippen molar-refractivity contribution >= 4 is 56.2 Å². The van der Waals surface area contributed by atoms with Crippen LogP contribution in [-0.2, 0) is 0 Å². The maximum absolute atomic E-state index is 5.95. The van der Waals surface area contributed by atoms with E-state index >= 15 is 0 Å². The molecule has 2 nitrogen and oxygen atoms in total. The molecule has 0 unspecified atom stereocenters. The summed E-state index contributed by atoms with van der Waals surface area (Å²) in [6, 6.07) is 11.1. The second kappa shape index (κ2) is 5.17. The first-order chi connectivity index (χ1) is 8.08. The molecule has 0 atom stereocenters. The lowest BCUT2D eigenvalue weighted by molar-refractivity contribution is 1.52. The minimum absolute atomic E-state index is 0.446. The van der Waals surface area contributed by atoms with Crippen molar-refractivity contribution in [1.29, 1.82) is 0 Å². The first kappa shape index (κ1) is 12.6. The van der Waals surface area contributed by atoms with Gasteiger partial charge >= 0.3 is 0 Å². The SMILES string of the molecule is Nc1cc(Cl)c(Cl)cc1Nc1ccccc1Br. The number of benzene rings is 2. The van der Waals surface area contributed by atoms with Crippen LogP contribution < -0.4 is 11.1 Å². The molecule has 2 rings (SSSR count). The Balaban J connectivity index is 2.37. The van der Waals surface area contributed by atoms with E-state index in [2.05, 4.69) is 21.2 Å². The number of nitrogen functional groups attached to an aromatic ring is 1. The molecule has 0 fully saturated rings. The first-order valence-electron chi connectivity index (χ1n) is 4.84. The fourth-order valence-corrected chi connectivity index (χ4v) is 2.10. The third-order valence-corrected chi connectivity index (χ3v) is 3.65. The normalized spacial score (nSPS) is 10.3. The van der Waals surface area contributed by atoms with Crippen LogP contribution in [0.5, 0.6) is 0 Å². The highest BCUT2D eigenvalue weighted by Crippen LogP contribution is 2.34. The summed E-state index contributed by atoms with van der Waals surface area (Å²) in [4.78, 5) is 0. The lowest BCUT2D eigenvalue weighted by Gasteiger charge is -2.12. The largest absolute Gasteiger partial charge is 0.397 e. The lowest BCUT2D eigenvalue weighted by atomic mass is 10.2. The van der Waals surface area contributed by atoms with E-state index in [1.165, 1.54) is 0 Å². The van der Waals surface area contributed by atoms with Gasteiger partial charge in [-0.2, -0.15) is 0 Å². The summed E-state index contributed by atoms with van der Waals surface area (Å²) in [7, 11) is 0. The maximum atomic E-state index is 5.95. The van der Waals surface area contributed by atoms with Crippen molar-refractivity contribution in [3.05, 3.63) is 50.9 Å². The Bertz CT molecular complexity index is 558. The maximum Gasteiger partial charge on any atom is 0.0634 e. The average Bonchev–Trinajstić information content (AvgIpc) is 2.29. The zero-order valence-electron chi connectivity index (χ0n) is 8.68. The zero-order chi connectivity index (χ0) is 12.4. The van der Waals surface area contributed by atoms with Crippen LogP contribution in [0.2, 0.25) is 10.0 Å². The topological polar surface area (TPSA) is 38.0 Å². The van der Waals surface area contributed by atoms with Gasteiger partial charge in [-0.05, 0) is 40.2 Å². The van der Waals surface area contributed by atoms with Crippen molar-refractivity contribution < 1.29 is 0 Å². The van der Waals surface area contributed by atoms with Crippen LogP contribution in [0.1, 0.15) is 0 Å². The van der Waals surface area contributed by atoms with E-state index in [-0.39, 0.29) is 0 Å². The van der Waals surface area contributed by atoms with Crippen LogP contribution >= 0.6 is 39.1 Å². The van der Waals surface area contributed by atoms with Crippen LogP contribution in [0.4, 0.5) is 17.1 Å². The van der Waals surface area contributed by atoms with Gasteiger partial charge in [0, 0.05) is 4.47 Å². The van der Waals surface area contributed by atoms with E-state index < -0.39 is 0 Å². The van der Waals surface area contributed by atoms with Gasteiger partial charge in [0.15, 0.2) is 0 Å². The lowest BCUT2D eigenvalue weighted by Crippen LogP contribution is -1.97. The van der Waals surface area contributed by atoms with Crippen LogP contribution in [0.3, 0.4) is 0 Å². The molecule has 0 aromatic heterocycles. The fraction of sp³-hybridized carbons (Fsp3) is 0. The van der Waals surface area contributed by atoms with E-state index in [0.717, 1.165) is 15.8 Å². The summed E-state index contributed by atoms with van der Waals surface area (Å²) < 4.78 is 0.950. The molecule has 0 spiro atoms. The molecule has 3 N–H and O–H groups in total. The van der Waals surface area contributed by atoms with Gasteiger partial charge < -0.3 is 11.1 Å². The smallest absolute Gasteiger partial charge is 0.0634 e. The molecule has 5 heteroatoms. The number of anilines is 3. The van der Waals surface area contributed by atoms with Gasteiger partial charge in [0.2, 0.25) is 0 Å². The third-order valence-electron chi connectivity index (χ3n) is 2.24. The zero-order valence-corrected chi connectivity index (χ0v) is 11.8. The van der Waals surface area contributed by atoms with Gasteiger partial charge in [-0.25, -0.2) is 0 Å². The summed E-state index contributed by atoms with van der Waals surface area (Å²) in [6.07, 6.45) is 0. The number of rotatable bonds is 2. The summed E-state index contributed by atoms with van der Waals surface area (Å²) in [6.45, 7) is 0. The molecule has 0 aliphatic rings. The van der Waals surface area contributed by atoms with E-state index in [4.69, 9.17) is 28.9 Å². The molecule has 0 aliphatic heterocycles. The average molecular weight is 332 g/mol. The number of nitrogens with two attached hydrogens (primary N) is 1. The summed E-state index contributed by atoms with van der Waals surface area (Å²) >= 11 is 15.3. The molecule has 2 aromatic carbocycles. The van der Waals surface area contributed by atoms with Crippen LogP contribution in [-0.4, -0.2) is 0 Å². The highest BCUT2D eigenvalue weighted by atomic mass is 79.9. The molecule has 0 heterocycles. The van der Waals surface area contributed by atoms with E-state index in [1.54, 1.807) is 12.1 Å². The van der Waals surface area contributed by atoms with Crippen molar-refractivity contribution in [3.8, 4) is 0 Å². The van der Waals surface area contributed by atoms with Crippen LogP contribution in [0.15, 0.2) is 40.9 Å². The Morgan fingerprint density at radius 3 is 2.35 bits per heavy atom. The number of nitrogens with one attached hydrogen (secondary N) is 1. The number of halogens is 3. The highest BCUT2D eigenvalue weighted by Gasteiger charge is 2.06. The molecule has 0 bridgehead atoms. The van der Waals surface area contributed by atoms with Gasteiger partial charge in [0.1, 0.15) is 0 Å². The quantitative estimate of drug-likeness (QED) is 0.753. The van der Waals surface area contributed by atoms with Gasteiger partial charge in [0.25, 0.3) is 0 Å². The Kier molecular flexibility index (Phi) is 3.82. The van der Waals surface area contributed by atoms with Gasteiger partial charge in [-0.3, -0.25) is 0 Å². The first-order valence-corrected chi connectivity index (χ1v) is 6.39. The molecule has 0 saturated carbocycles. The van der Waals surface area contributed by atoms with Crippen LogP contribution in [0.25, 0.3) is 0 Å². The second-order valence-corrected chi connectivity index (χ2v) is 5.13. The third kappa shape index (κ3) is 2.86. The monoisotopic (exact) mass is 330 g/mol. The highest BCUT2D eigenvalue weighted by molar-refractivity contribution is 9.10. The molecular weight excluding hydrogens is 323 g/mol. The predicted octanol–water partition coefficient (Wildman–Crippen LogP) is 5.08. The molecule has 0 saturated heterocycles. The number of hydrogen-bond donors (Lipinski definition) is 2. The summed E-state index contributed by atoms with van der Waals surface area (Å²) in [5.41, 5.74) is 8.06. The second-order valence-electron chi connectivity index (χ2n) is 3.46.